The van der Waals surface area contributed by atoms with E-state index in [-0.39, 0.29) is 18.1 Å². The molecule has 0 spiro atoms. The van der Waals surface area contributed by atoms with E-state index in [0.29, 0.717) is 5.56 Å². The Morgan fingerprint density at radius 3 is 2.47 bits per heavy atom. The lowest BCUT2D eigenvalue weighted by atomic mass is 10.1. The fraction of sp³-hybridized carbons (Fsp3) is 0.154. The number of aryl methyl sites for hydroxylation is 1. The van der Waals surface area contributed by atoms with Gasteiger partial charge in [0.2, 0.25) is 11.2 Å². The average molecular weight is 232 g/mol. The second kappa shape index (κ2) is 4.43. The molecule has 0 aliphatic rings. The Kier molecular flexibility index (Phi) is 2.97. The molecule has 88 valence electrons. The summed E-state index contributed by atoms with van der Waals surface area (Å²) in [5.74, 6) is -0.226. The van der Waals surface area contributed by atoms with Crippen LogP contribution in [-0.4, -0.2) is 10.2 Å². The first-order valence-electron chi connectivity index (χ1n) is 5.15. The molecule has 4 heteroatoms. The van der Waals surface area contributed by atoms with Crippen LogP contribution in [0, 0.1) is 6.92 Å². The molecule has 0 bridgehead atoms. The molecular weight excluding hydrogens is 220 g/mol. The van der Waals surface area contributed by atoms with E-state index < -0.39 is 11.2 Å². The SMILES string of the molecule is Cc1ccc(-c2oc(CO)cc(=O)c2O)cc1. The molecule has 0 unspecified atom stereocenters. The van der Waals surface area contributed by atoms with E-state index in [0.717, 1.165) is 11.6 Å². The number of hydrogen-bond acceptors (Lipinski definition) is 4. The summed E-state index contributed by atoms with van der Waals surface area (Å²) in [5, 5.41) is 18.6. The third-order valence-corrected chi connectivity index (χ3v) is 2.44. The molecule has 0 saturated heterocycles. The topological polar surface area (TPSA) is 70.7 Å². The average Bonchev–Trinajstić information content (AvgIpc) is 2.34. The molecule has 1 aromatic heterocycles. The largest absolute Gasteiger partial charge is 0.502 e. The number of benzene rings is 1. The first-order valence-corrected chi connectivity index (χ1v) is 5.15. The van der Waals surface area contributed by atoms with Crippen LogP contribution in [0.15, 0.2) is 39.5 Å². The Labute approximate surface area is 97.8 Å². The van der Waals surface area contributed by atoms with Crippen molar-refractivity contribution in [3.63, 3.8) is 0 Å². The minimum absolute atomic E-state index is 0.0848. The van der Waals surface area contributed by atoms with Crippen molar-refractivity contribution in [1.29, 1.82) is 0 Å². The molecule has 0 saturated carbocycles. The predicted octanol–water partition coefficient (Wildman–Crippen LogP) is 1.81. The number of aliphatic hydroxyl groups excluding tert-OH is 1. The first kappa shape index (κ1) is 11.4. The van der Waals surface area contributed by atoms with Crippen molar-refractivity contribution in [2.75, 3.05) is 0 Å². The van der Waals surface area contributed by atoms with Crippen molar-refractivity contribution < 1.29 is 14.6 Å². The van der Waals surface area contributed by atoms with Crippen LogP contribution in [-0.2, 0) is 6.61 Å². The summed E-state index contributed by atoms with van der Waals surface area (Å²) in [7, 11) is 0. The van der Waals surface area contributed by atoms with Crippen LogP contribution >= 0.6 is 0 Å². The lowest BCUT2D eigenvalue weighted by molar-refractivity contribution is 0.243. The van der Waals surface area contributed by atoms with E-state index in [1.807, 2.05) is 19.1 Å². The summed E-state index contributed by atoms with van der Waals surface area (Å²) < 4.78 is 5.26. The van der Waals surface area contributed by atoms with Crippen molar-refractivity contribution in [3.05, 3.63) is 51.9 Å². The van der Waals surface area contributed by atoms with Crippen LogP contribution in [0.4, 0.5) is 0 Å². The highest BCUT2D eigenvalue weighted by atomic mass is 16.4. The van der Waals surface area contributed by atoms with Gasteiger partial charge in [0.25, 0.3) is 0 Å². The summed E-state index contributed by atoms with van der Waals surface area (Å²) >= 11 is 0. The van der Waals surface area contributed by atoms with E-state index in [9.17, 15) is 9.90 Å². The molecule has 0 amide bonds. The summed E-state index contributed by atoms with van der Waals surface area (Å²) in [6.45, 7) is 1.55. The van der Waals surface area contributed by atoms with E-state index >= 15 is 0 Å². The monoisotopic (exact) mass is 232 g/mol. The number of aromatic hydroxyl groups is 1. The fourth-order valence-electron chi connectivity index (χ4n) is 1.51. The molecule has 4 nitrogen and oxygen atoms in total. The van der Waals surface area contributed by atoms with Gasteiger partial charge in [0.05, 0.1) is 0 Å². The van der Waals surface area contributed by atoms with Crippen molar-refractivity contribution in [3.8, 4) is 17.1 Å². The zero-order valence-electron chi connectivity index (χ0n) is 9.30. The highest BCUT2D eigenvalue weighted by Gasteiger charge is 2.12. The van der Waals surface area contributed by atoms with Gasteiger partial charge in [-0.3, -0.25) is 4.79 Å². The highest BCUT2D eigenvalue weighted by Crippen LogP contribution is 2.27. The zero-order chi connectivity index (χ0) is 12.4. The third-order valence-electron chi connectivity index (χ3n) is 2.44. The standard InChI is InChI=1S/C13H12O4/c1-8-2-4-9(5-3-8)13-12(16)11(15)6-10(7-14)17-13/h2-6,14,16H,7H2,1H3. The smallest absolute Gasteiger partial charge is 0.227 e. The second-order valence-corrected chi connectivity index (χ2v) is 3.78. The van der Waals surface area contributed by atoms with Crippen LogP contribution < -0.4 is 5.43 Å². The summed E-state index contributed by atoms with van der Waals surface area (Å²) in [6, 6.07) is 8.26. The minimum Gasteiger partial charge on any atom is -0.502 e. The number of hydrogen-bond donors (Lipinski definition) is 2. The van der Waals surface area contributed by atoms with Gasteiger partial charge in [-0.2, -0.15) is 0 Å². The molecule has 2 N–H and O–H groups in total. The molecule has 1 heterocycles. The van der Waals surface area contributed by atoms with Gasteiger partial charge in [-0.1, -0.05) is 29.8 Å². The zero-order valence-corrected chi connectivity index (χ0v) is 9.30. The molecule has 0 aliphatic heterocycles. The maximum Gasteiger partial charge on any atom is 0.227 e. The molecule has 0 aliphatic carbocycles. The van der Waals surface area contributed by atoms with E-state index in [1.54, 1.807) is 12.1 Å². The maximum absolute atomic E-state index is 11.4. The fourth-order valence-corrected chi connectivity index (χ4v) is 1.51. The Bertz CT molecular complexity index is 581. The normalized spacial score (nSPS) is 10.5. The summed E-state index contributed by atoms with van der Waals surface area (Å²) in [4.78, 5) is 11.4. The lowest BCUT2D eigenvalue weighted by Crippen LogP contribution is -2.02. The van der Waals surface area contributed by atoms with E-state index in [1.165, 1.54) is 0 Å². The molecule has 0 radical (unpaired) electrons. The molecule has 0 fully saturated rings. The molecule has 17 heavy (non-hydrogen) atoms. The molecule has 2 rings (SSSR count). The van der Waals surface area contributed by atoms with E-state index in [4.69, 9.17) is 9.52 Å². The minimum atomic E-state index is -0.559. The lowest BCUT2D eigenvalue weighted by Gasteiger charge is -2.05. The molecule has 1 aromatic carbocycles. The Morgan fingerprint density at radius 1 is 1.24 bits per heavy atom. The van der Waals surface area contributed by atoms with Crippen LogP contribution in [0.25, 0.3) is 11.3 Å². The Morgan fingerprint density at radius 2 is 1.88 bits per heavy atom. The van der Waals surface area contributed by atoms with Gasteiger partial charge in [0, 0.05) is 11.6 Å². The quantitative estimate of drug-likeness (QED) is 0.828. The van der Waals surface area contributed by atoms with E-state index in [2.05, 4.69) is 0 Å². The van der Waals surface area contributed by atoms with Crippen molar-refractivity contribution in [1.82, 2.24) is 0 Å². The second-order valence-electron chi connectivity index (χ2n) is 3.78. The van der Waals surface area contributed by atoms with Gasteiger partial charge in [0.15, 0.2) is 5.76 Å². The van der Waals surface area contributed by atoms with Crippen molar-refractivity contribution in [2.45, 2.75) is 13.5 Å². The van der Waals surface area contributed by atoms with Gasteiger partial charge in [-0.25, -0.2) is 0 Å². The third kappa shape index (κ3) is 2.21. The van der Waals surface area contributed by atoms with Gasteiger partial charge < -0.3 is 14.6 Å². The molecule has 0 atom stereocenters. The predicted molar refractivity (Wildman–Crippen MR) is 62.7 cm³/mol. The Balaban J connectivity index is 2.62. The van der Waals surface area contributed by atoms with Gasteiger partial charge in [0.1, 0.15) is 12.4 Å². The Hall–Kier alpha value is -2.07. The maximum atomic E-state index is 11.4. The number of rotatable bonds is 2. The van der Waals surface area contributed by atoms with Crippen molar-refractivity contribution in [2.24, 2.45) is 0 Å². The van der Waals surface area contributed by atoms with Crippen LogP contribution in [0.3, 0.4) is 0 Å². The van der Waals surface area contributed by atoms with Gasteiger partial charge in [-0.15, -0.1) is 0 Å². The summed E-state index contributed by atoms with van der Waals surface area (Å²) in [6.07, 6.45) is 0. The summed E-state index contributed by atoms with van der Waals surface area (Å²) in [5.41, 5.74) is 1.10. The van der Waals surface area contributed by atoms with Crippen LogP contribution in [0.2, 0.25) is 0 Å². The highest BCUT2D eigenvalue weighted by molar-refractivity contribution is 5.63. The van der Waals surface area contributed by atoms with Crippen LogP contribution in [0.5, 0.6) is 5.75 Å². The number of aliphatic hydroxyl groups is 1. The van der Waals surface area contributed by atoms with Gasteiger partial charge >= 0.3 is 0 Å². The molecular formula is C13H12O4. The molecule has 2 aromatic rings. The van der Waals surface area contributed by atoms with Crippen molar-refractivity contribution >= 4 is 0 Å². The first-order chi connectivity index (χ1) is 8.11. The van der Waals surface area contributed by atoms with Crippen LogP contribution in [0.1, 0.15) is 11.3 Å². The van der Waals surface area contributed by atoms with Gasteiger partial charge in [-0.05, 0) is 6.92 Å².